The highest BCUT2D eigenvalue weighted by Gasteiger charge is 2.14. The van der Waals surface area contributed by atoms with Crippen molar-refractivity contribution in [2.45, 2.75) is 6.42 Å². The predicted molar refractivity (Wildman–Crippen MR) is 78.3 cm³/mol. The van der Waals surface area contributed by atoms with Crippen LogP contribution in [-0.2, 0) is 0 Å². The van der Waals surface area contributed by atoms with Crippen LogP contribution in [0, 0.1) is 0 Å². The van der Waals surface area contributed by atoms with Crippen LogP contribution in [0.1, 0.15) is 22.3 Å². The Bertz CT molecular complexity index is 676. The van der Waals surface area contributed by atoms with Gasteiger partial charge in [-0.1, -0.05) is 41.9 Å². The molecule has 0 bridgehead atoms. The molecule has 0 aliphatic carbocycles. The molecule has 2 aromatic carbocycles. The molecule has 0 N–H and O–H groups in total. The van der Waals surface area contributed by atoms with Gasteiger partial charge in [0.15, 0.2) is 5.78 Å². The summed E-state index contributed by atoms with van der Waals surface area (Å²) in [5.41, 5.74) is 3.60. The molecule has 2 aromatic rings. The van der Waals surface area contributed by atoms with Crippen LogP contribution in [0.4, 0.5) is 0 Å². The zero-order valence-corrected chi connectivity index (χ0v) is 11.0. The SMILES string of the molecule is O=C1CCN=Cc2cc(-c3ccccc3Cl)ccc21. The lowest BCUT2D eigenvalue weighted by molar-refractivity contribution is 0.0986. The van der Waals surface area contributed by atoms with Crippen molar-refractivity contribution < 1.29 is 4.79 Å². The molecule has 19 heavy (non-hydrogen) atoms. The van der Waals surface area contributed by atoms with E-state index in [1.165, 1.54) is 0 Å². The van der Waals surface area contributed by atoms with Crippen molar-refractivity contribution in [1.82, 2.24) is 0 Å². The molecule has 0 unspecified atom stereocenters. The highest BCUT2D eigenvalue weighted by molar-refractivity contribution is 6.33. The van der Waals surface area contributed by atoms with Crippen molar-refractivity contribution in [2.75, 3.05) is 6.54 Å². The lowest BCUT2D eigenvalue weighted by Gasteiger charge is -2.08. The van der Waals surface area contributed by atoms with Crippen LogP contribution in [-0.4, -0.2) is 18.5 Å². The van der Waals surface area contributed by atoms with Gasteiger partial charge in [0.05, 0.1) is 0 Å². The molecule has 0 saturated carbocycles. The van der Waals surface area contributed by atoms with Crippen LogP contribution in [0.5, 0.6) is 0 Å². The number of Topliss-reactive ketones (excluding diaryl/α,β-unsaturated/α-hetero) is 1. The van der Waals surface area contributed by atoms with Gasteiger partial charge in [-0.15, -0.1) is 0 Å². The Morgan fingerprint density at radius 1 is 1.05 bits per heavy atom. The first-order valence-electron chi connectivity index (χ1n) is 6.18. The molecule has 0 saturated heterocycles. The molecule has 94 valence electrons. The Balaban J connectivity index is 2.14. The van der Waals surface area contributed by atoms with E-state index in [1.807, 2.05) is 42.5 Å². The van der Waals surface area contributed by atoms with Crippen LogP contribution in [0.3, 0.4) is 0 Å². The normalized spacial score (nSPS) is 14.1. The molecule has 1 heterocycles. The number of aliphatic imine (C=N–C) groups is 1. The maximum Gasteiger partial charge on any atom is 0.165 e. The van der Waals surface area contributed by atoms with Gasteiger partial charge in [-0.2, -0.15) is 0 Å². The summed E-state index contributed by atoms with van der Waals surface area (Å²) in [4.78, 5) is 16.2. The molecular formula is C16H12ClNO. The zero-order chi connectivity index (χ0) is 13.2. The second-order valence-electron chi connectivity index (χ2n) is 4.49. The fourth-order valence-electron chi connectivity index (χ4n) is 2.25. The summed E-state index contributed by atoms with van der Waals surface area (Å²) in [6, 6.07) is 13.5. The standard InChI is InChI=1S/C16H12ClNO/c17-15-4-2-1-3-13(15)11-5-6-14-12(9-11)10-18-8-7-16(14)19/h1-6,9-10H,7-8H2. The molecule has 2 nitrogen and oxygen atoms in total. The Morgan fingerprint density at radius 2 is 1.89 bits per heavy atom. The highest BCUT2D eigenvalue weighted by Crippen LogP contribution is 2.29. The van der Waals surface area contributed by atoms with Gasteiger partial charge in [0, 0.05) is 40.9 Å². The summed E-state index contributed by atoms with van der Waals surface area (Å²) >= 11 is 6.20. The van der Waals surface area contributed by atoms with E-state index in [0.717, 1.165) is 22.3 Å². The Labute approximate surface area is 116 Å². The highest BCUT2D eigenvalue weighted by atomic mass is 35.5. The smallest absolute Gasteiger partial charge is 0.165 e. The summed E-state index contributed by atoms with van der Waals surface area (Å²) in [5, 5.41) is 0.708. The molecule has 1 aliphatic heterocycles. The fourth-order valence-corrected chi connectivity index (χ4v) is 2.49. The van der Waals surface area contributed by atoms with Gasteiger partial charge < -0.3 is 0 Å². The van der Waals surface area contributed by atoms with Crippen molar-refractivity contribution in [3.8, 4) is 11.1 Å². The summed E-state index contributed by atoms with van der Waals surface area (Å²) in [7, 11) is 0. The fraction of sp³-hybridized carbons (Fsp3) is 0.125. The molecule has 0 radical (unpaired) electrons. The third-order valence-electron chi connectivity index (χ3n) is 3.24. The van der Waals surface area contributed by atoms with E-state index in [4.69, 9.17) is 11.6 Å². The third-order valence-corrected chi connectivity index (χ3v) is 3.56. The van der Waals surface area contributed by atoms with Crippen molar-refractivity contribution in [3.63, 3.8) is 0 Å². The molecular weight excluding hydrogens is 258 g/mol. The number of nitrogens with zero attached hydrogens (tertiary/aromatic N) is 1. The first-order valence-corrected chi connectivity index (χ1v) is 6.55. The minimum absolute atomic E-state index is 0.151. The summed E-state index contributed by atoms with van der Waals surface area (Å²) < 4.78 is 0. The molecule has 0 amide bonds. The first kappa shape index (κ1) is 12.1. The lowest BCUT2D eigenvalue weighted by atomic mass is 9.97. The van der Waals surface area contributed by atoms with E-state index in [2.05, 4.69) is 4.99 Å². The molecule has 0 atom stereocenters. The van der Waals surface area contributed by atoms with Gasteiger partial charge in [0.1, 0.15) is 0 Å². The van der Waals surface area contributed by atoms with E-state index < -0.39 is 0 Å². The molecule has 0 fully saturated rings. The van der Waals surface area contributed by atoms with Crippen LogP contribution >= 0.6 is 11.6 Å². The molecule has 0 aromatic heterocycles. The monoisotopic (exact) mass is 269 g/mol. The number of hydrogen-bond acceptors (Lipinski definition) is 2. The molecule has 3 rings (SSSR count). The van der Waals surface area contributed by atoms with E-state index in [-0.39, 0.29) is 5.78 Å². The number of carbonyl (C=O) groups is 1. The van der Waals surface area contributed by atoms with E-state index in [0.29, 0.717) is 18.0 Å². The Hall–Kier alpha value is -1.93. The maximum atomic E-state index is 11.9. The van der Waals surface area contributed by atoms with Crippen LogP contribution in [0.2, 0.25) is 5.02 Å². The Kier molecular flexibility index (Phi) is 3.18. The van der Waals surface area contributed by atoms with E-state index in [9.17, 15) is 4.79 Å². The average molecular weight is 270 g/mol. The Morgan fingerprint density at radius 3 is 2.74 bits per heavy atom. The summed E-state index contributed by atoms with van der Waals surface area (Å²) in [5.74, 6) is 0.151. The van der Waals surface area contributed by atoms with E-state index >= 15 is 0 Å². The second-order valence-corrected chi connectivity index (χ2v) is 4.90. The molecule has 0 spiro atoms. The number of ketones is 1. The predicted octanol–water partition coefficient (Wildman–Crippen LogP) is 4.01. The van der Waals surface area contributed by atoms with Crippen LogP contribution in [0.25, 0.3) is 11.1 Å². The topological polar surface area (TPSA) is 29.4 Å². The molecule has 3 heteroatoms. The van der Waals surface area contributed by atoms with Gasteiger partial charge >= 0.3 is 0 Å². The van der Waals surface area contributed by atoms with Crippen LogP contribution < -0.4 is 0 Å². The maximum absolute atomic E-state index is 11.9. The first-order chi connectivity index (χ1) is 9.25. The van der Waals surface area contributed by atoms with Crippen molar-refractivity contribution in [2.24, 2.45) is 4.99 Å². The lowest BCUT2D eigenvalue weighted by Crippen LogP contribution is -2.02. The number of fused-ring (bicyclic) bond motifs is 1. The number of benzene rings is 2. The van der Waals surface area contributed by atoms with E-state index in [1.54, 1.807) is 6.21 Å². The van der Waals surface area contributed by atoms with Crippen molar-refractivity contribution in [3.05, 3.63) is 58.6 Å². The van der Waals surface area contributed by atoms with Crippen molar-refractivity contribution >= 4 is 23.6 Å². The third kappa shape index (κ3) is 2.32. The number of halogens is 1. The average Bonchev–Trinajstić information content (AvgIpc) is 2.61. The molecule has 1 aliphatic rings. The minimum atomic E-state index is 0.151. The second kappa shape index (κ2) is 4.98. The van der Waals surface area contributed by atoms with Gasteiger partial charge in [0.2, 0.25) is 0 Å². The number of hydrogen-bond donors (Lipinski definition) is 0. The van der Waals surface area contributed by atoms with Gasteiger partial charge in [-0.05, 0) is 17.7 Å². The summed E-state index contributed by atoms with van der Waals surface area (Å²) in [6.07, 6.45) is 2.26. The van der Waals surface area contributed by atoms with Gasteiger partial charge in [0.25, 0.3) is 0 Å². The quantitative estimate of drug-likeness (QED) is 0.769. The van der Waals surface area contributed by atoms with Crippen LogP contribution in [0.15, 0.2) is 47.5 Å². The minimum Gasteiger partial charge on any atom is -0.294 e. The van der Waals surface area contributed by atoms with Gasteiger partial charge in [-0.25, -0.2) is 0 Å². The number of rotatable bonds is 1. The largest absolute Gasteiger partial charge is 0.294 e. The number of carbonyl (C=O) groups excluding carboxylic acids is 1. The van der Waals surface area contributed by atoms with Crippen molar-refractivity contribution in [1.29, 1.82) is 0 Å². The zero-order valence-electron chi connectivity index (χ0n) is 10.3. The van der Waals surface area contributed by atoms with Gasteiger partial charge in [-0.3, -0.25) is 9.79 Å². The summed E-state index contributed by atoms with van der Waals surface area (Å²) in [6.45, 7) is 0.564.